The number of aliphatic hydroxyl groups excluding tert-OH is 2. The van der Waals surface area contributed by atoms with Gasteiger partial charge in [0.15, 0.2) is 0 Å². The topological polar surface area (TPSA) is 65.4 Å². The highest BCUT2D eigenvalue weighted by Gasteiger charge is 2.19. The van der Waals surface area contributed by atoms with Crippen molar-refractivity contribution < 1.29 is 10.2 Å². The third-order valence-electron chi connectivity index (χ3n) is 2.96. The van der Waals surface area contributed by atoms with Crippen LogP contribution in [0.2, 0.25) is 0 Å². The third-order valence-corrected chi connectivity index (χ3v) is 2.96. The van der Waals surface area contributed by atoms with Crippen LogP contribution in [0.25, 0.3) is 0 Å². The van der Waals surface area contributed by atoms with E-state index in [1.54, 1.807) is 6.20 Å². The molecule has 100 valence electrons. The van der Waals surface area contributed by atoms with E-state index in [0.717, 1.165) is 11.3 Å². The second kappa shape index (κ2) is 6.99. The van der Waals surface area contributed by atoms with Crippen LogP contribution in [-0.2, 0) is 6.54 Å². The van der Waals surface area contributed by atoms with E-state index in [1.807, 2.05) is 48.5 Å². The summed E-state index contributed by atoms with van der Waals surface area (Å²) >= 11 is 0. The first-order chi connectivity index (χ1) is 9.31. The van der Waals surface area contributed by atoms with E-state index in [4.69, 9.17) is 5.11 Å². The molecule has 1 aromatic carbocycles. The maximum Gasteiger partial charge on any atom is 0.0965 e. The van der Waals surface area contributed by atoms with Gasteiger partial charge >= 0.3 is 0 Å². The van der Waals surface area contributed by atoms with Crippen LogP contribution in [0.5, 0.6) is 0 Å². The fourth-order valence-corrected chi connectivity index (χ4v) is 1.96. The SMILES string of the molecule is OC[C@H](O)[C@H](NCc1ccccn1)c1ccccc1. The van der Waals surface area contributed by atoms with Crippen LogP contribution >= 0.6 is 0 Å². The molecule has 0 unspecified atom stereocenters. The molecule has 0 amide bonds. The summed E-state index contributed by atoms with van der Waals surface area (Å²) in [4.78, 5) is 4.22. The van der Waals surface area contributed by atoms with E-state index < -0.39 is 6.10 Å². The summed E-state index contributed by atoms with van der Waals surface area (Å²) in [6, 6.07) is 15.0. The Kier molecular flexibility index (Phi) is 5.03. The molecular weight excluding hydrogens is 240 g/mol. The van der Waals surface area contributed by atoms with Gasteiger partial charge < -0.3 is 15.5 Å². The van der Waals surface area contributed by atoms with Crippen LogP contribution in [-0.4, -0.2) is 27.9 Å². The zero-order valence-corrected chi connectivity index (χ0v) is 10.6. The number of nitrogens with zero attached hydrogens (tertiary/aromatic N) is 1. The largest absolute Gasteiger partial charge is 0.394 e. The van der Waals surface area contributed by atoms with Crippen LogP contribution in [0.15, 0.2) is 54.7 Å². The highest BCUT2D eigenvalue weighted by Crippen LogP contribution is 2.17. The molecule has 3 N–H and O–H groups in total. The minimum atomic E-state index is -0.842. The number of aromatic nitrogens is 1. The van der Waals surface area contributed by atoms with E-state index in [-0.39, 0.29) is 12.6 Å². The summed E-state index contributed by atoms with van der Waals surface area (Å²) in [6.07, 6.45) is 0.892. The average molecular weight is 258 g/mol. The first-order valence-electron chi connectivity index (χ1n) is 6.28. The lowest BCUT2D eigenvalue weighted by Crippen LogP contribution is -2.34. The first kappa shape index (κ1) is 13.7. The van der Waals surface area contributed by atoms with E-state index in [1.165, 1.54) is 0 Å². The molecule has 0 saturated carbocycles. The van der Waals surface area contributed by atoms with Crippen molar-refractivity contribution in [2.24, 2.45) is 0 Å². The first-order valence-corrected chi connectivity index (χ1v) is 6.28. The Morgan fingerprint density at radius 3 is 2.42 bits per heavy atom. The molecule has 2 rings (SSSR count). The zero-order chi connectivity index (χ0) is 13.5. The molecule has 2 aromatic rings. The fraction of sp³-hybridized carbons (Fsp3) is 0.267. The minimum absolute atomic E-state index is 0.283. The van der Waals surface area contributed by atoms with E-state index >= 15 is 0 Å². The normalized spacial score (nSPS) is 14.0. The maximum absolute atomic E-state index is 9.92. The van der Waals surface area contributed by atoms with Gasteiger partial charge in [0.2, 0.25) is 0 Å². The van der Waals surface area contributed by atoms with Crippen molar-refractivity contribution in [3.63, 3.8) is 0 Å². The number of benzene rings is 1. The molecule has 0 aliphatic carbocycles. The molecule has 0 fully saturated rings. The highest BCUT2D eigenvalue weighted by molar-refractivity contribution is 5.20. The Bertz CT molecular complexity index is 476. The number of aliphatic hydroxyl groups is 2. The van der Waals surface area contributed by atoms with E-state index in [9.17, 15) is 5.11 Å². The van der Waals surface area contributed by atoms with Crippen LogP contribution in [0.3, 0.4) is 0 Å². The van der Waals surface area contributed by atoms with Gasteiger partial charge in [-0.05, 0) is 17.7 Å². The van der Waals surface area contributed by atoms with E-state index in [0.29, 0.717) is 6.54 Å². The Hall–Kier alpha value is -1.75. The predicted octanol–water partition coefficient (Wildman–Crippen LogP) is 1.27. The molecule has 0 radical (unpaired) electrons. The van der Waals surface area contributed by atoms with Crippen molar-refractivity contribution in [2.75, 3.05) is 6.61 Å². The van der Waals surface area contributed by atoms with Crippen molar-refractivity contribution in [3.05, 3.63) is 66.0 Å². The Morgan fingerprint density at radius 1 is 1.05 bits per heavy atom. The lowest BCUT2D eigenvalue weighted by Gasteiger charge is -2.23. The second-order valence-corrected chi connectivity index (χ2v) is 4.34. The molecule has 0 aliphatic rings. The summed E-state index contributed by atoms with van der Waals surface area (Å²) in [5.74, 6) is 0. The molecule has 4 nitrogen and oxygen atoms in total. The van der Waals surface area contributed by atoms with Gasteiger partial charge in [-0.1, -0.05) is 36.4 Å². The molecule has 2 atom stereocenters. The summed E-state index contributed by atoms with van der Waals surface area (Å²) in [5, 5.41) is 22.3. The summed E-state index contributed by atoms with van der Waals surface area (Å²) in [6.45, 7) is 0.256. The van der Waals surface area contributed by atoms with Gasteiger partial charge in [0.05, 0.1) is 24.4 Å². The summed E-state index contributed by atoms with van der Waals surface area (Å²) in [5.41, 5.74) is 1.84. The molecule has 4 heteroatoms. The molecule has 0 aliphatic heterocycles. The van der Waals surface area contributed by atoms with Gasteiger partial charge in [-0.3, -0.25) is 4.98 Å². The van der Waals surface area contributed by atoms with Gasteiger partial charge in [-0.25, -0.2) is 0 Å². The van der Waals surface area contributed by atoms with Crippen LogP contribution in [0.1, 0.15) is 17.3 Å². The zero-order valence-electron chi connectivity index (χ0n) is 10.6. The highest BCUT2D eigenvalue weighted by atomic mass is 16.3. The molecule has 0 spiro atoms. The molecule has 19 heavy (non-hydrogen) atoms. The molecule has 0 bridgehead atoms. The minimum Gasteiger partial charge on any atom is -0.394 e. The summed E-state index contributed by atoms with van der Waals surface area (Å²) in [7, 11) is 0. The Morgan fingerprint density at radius 2 is 1.79 bits per heavy atom. The van der Waals surface area contributed by atoms with Crippen LogP contribution < -0.4 is 5.32 Å². The number of rotatable bonds is 6. The van der Waals surface area contributed by atoms with Crippen molar-refractivity contribution >= 4 is 0 Å². The third kappa shape index (κ3) is 3.86. The van der Waals surface area contributed by atoms with Crippen LogP contribution in [0.4, 0.5) is 0 Å². The maximum atomic E-state index is 9.92. The van der Waals surface area contributed by atoms with Crippen molar-refractivity contribution in [1.82, 2.24) is 10.3 Å². The number of nitrogens with one attached hydrogen (secondary N) is 1. The fourth-order valence-electron chi connectivity index (χ4n) is 1.96. The molecule has 0 saturated heterocycles. The number of hydrogen-bond donors (Lipinski definition) is 3. The molecule has 1 heterocycles. The van der Waals surface area contributed by atoms with E-state index in [2.05, 4.69) is 10.3 Å². The van der Waals surface area contributed by atoms with Gasteiger partial charge in [0, 0.05) is 12.7 Å². The van der Waals surface area contributed by atoms with Crippen molar-refractivity contribution in [3.8, 4) is 0 Å². The van der Waals surface area contributed by atoms with Gasteiger partial charge in [-0.2, -0.15) is 0 Å². The van der Waals surface area contributed by atoms with Gasteiger partial charge in [0.25, 0.3) is 0 Å². The van der Waals surface area contributed by atoms with Crippen molar-refractivity contribution in [2.45, 2.75) is 18.7 Å². The average Bonchev–Trinajstić information content (AvgIpc) is 2.49. The Labute approximate surface area is 112 Å². The second-order valence-electron chi connectivity index (χ2n) is 4.34. The quantitative estimate of drug-likeness (QED) is 0.730. The lowest BCUT2D eigenvalue weighted by molar-refractivity contribution is 0.0617. The Balaban J connectivity index is 2.07. The lowest BCUT2D eigenvalue weighted by atomic mass is 10.0. The van der Waals surface area contributed by atoms with Gasteiger partial charge in [-0.15, -0.1) is 0 Å². The number of hydrogen-bond acceptors (Lipinski definition) is 4. The standard InChI is InChI=1S/C15H18N2O2/c18-11-14(19)15(12-6-2-1-3-7-12)17-10-13-8-4-5-9-16-13/h1-9,14-15,17-19H,10-11H2/t14-,15+/m0/s1. The number of pyridine rings is 1. The summed E-state index contributed by atoms with van der Waals surface area (Å²) < 4.78 is 0. The van der Waals surface area contributed by atoms with Gasteiger partial charge in [0.1, 0.15) is 0 Å². The van der Waals surface area contributed by atoms with Crippen molar-refractivity contribution in [1.29, 1.82) is 0 Å². The smallest absolute Gasteiger partial charge is 0.0965 e. The monoisotopic (exact) mass is 258 g/mol. The molecular formula is C15H18N2O2. The van der Waals surface area contributed by atoms with Crippen LogP contribution in [0, 0.1) is 0 Å². The predicted molar refractivity (Wildman–Crippen MR) is 73.4 cm³/mol. The molecule has 1 aromatic heterocycles.